The smallest absolute Gasteiger partial charge is 0.223 e. The minimum absolute atomic E-state index is 0.000139. The summed E-state index contributed by atoms with van der Waals surface area (Å²) >= 11 is 0. The third-order valence-corrected chi connectivity index (χ3v) is 5.43. The Morgan fingerprint density at radius 1 is 1.15 bits per heavy atom. The molecule has 0 bridgehead atoms. The fourth-order valence-electron chi connectivity index (χ4n) is 3.84. The number of ether oxygens (including phenoxy) is 2. The van der Waals surface area contributed by atoms with Gasteiger partial charge in [-0.2, -0.15) is 0 Å². The van der Waals surface area contributed by atoms with E-state index in [0.717, 1.165) is 25.0 Å². The van der Waals surface area contributed by atoms with Gasteiger partial charge in [-0.25, -0.2) is 4.68 Å². The van der Waals surface area contributed by atoms with Gasteiger partial charge in [0.05, 0.1) is 24.9 Å². The zero-order valence-electron chi connectivity index (χ0n) is 14.5. The monoisotopic (exact) mass is 354 g/mol. The van der Waals surface area contributed by atoms with Crippen molar-refractivity contribution < 1.29 is 14.3 Å². The van der Waals surface area contributed by atoms with Crippen LogP contribution in [0, 0.1) is 5.92 Å². The van der Waals surface area contributed by atoms with E-state index in [4.69, 9.17) is 9.47 Å². The molecule has 1 saturated carbocycles. The maximum atomic E-state index is 12.0. The zero-order chi connectivity index (χ0) is 17.5. The first kappa shape index (κ1) is 16.0. The Kier molecular flexibility index (Phi) is 3.98. The molecule has 26 heavy (non-hydrogen) atoms. The van der Waals surface area contributed by atoms with Crippen molar-refractivity contribution >= 4 is 5.91 Å². The molecule has 5 rings (SSSR count). The van der Waals surface area contributed by atoms with Crippen LogP contribution in [0.2, 0.25) is 0 Å². The van der Waals surface area contributed by atoms with Crippen LogP contribution in [-0.4, -0.2) is 52.4 Å². The van der Waals surface area contributed by atoms with Crippen molar-refractivity contribution in [3.8, 4) is 0 Å². The van der Waals surface area contributed by atoms with Crippen molar-refractivity contribution in [1.29, 1.82) is 0 Å². The Morgan fingerprint density at radius 3 is 2.77 bits per heavy atom. The van der Waals surface area contributed by atoms with Crippen LogP contribution in [0.4, 0.5) is 0 Å². The molecule has 4 unspecified atom stereocenters. The van der Waals surface area contributed by atoms with E-state index in [9.17, 15) is 4.79 Å². The molecule has 3 aliphatic rings. The number of nitrogens with one attached hydrogen (secondary N) is 1. The number of amides is 1. The highest BCUT2D eigenvalue weighted by Crippen LogP contribution is 2.35. The Hall–Kier alpha value is -2.25. The summed E-state index contributed by atoms with van der Waals surface area (Å²) in [6.45, 7) is 1.02. The van der Waals surface area contributed by atoms with E-state index in [1.165, 1.54) is 5.56 Å². The van der Waals surface area contributed by atoms with Crippen molar-refractivity contribution in [3.05, 3.63) is 47.8 Å². The van der Waals surface area contributed by atoms with Gasteiger partial charge in [-0.1, -0.05) is 35.5 Å². The summed E-state index contributed by atoms with van der Waals surface area (Å²) in [5.41, 5.74) is 2.14. The summed E-state index contributed by atoms with van der Waals surface area (Å²) in [4.78, 5) is 12.0. The molecule has 2 aliphatic heterocycles. The lowest BCUT2D eigenvalue weighted by atomic mass is 10.1. The highest BCUT2D eigenvalue weighted by molar-refractivity contribution is 5.81. The molecular weight excluding hydrogens is 332 g/mol. The third-order valence-electron chi connectivity index (χ3n) is 5.43. The van der Waals surface area contributed by atoms with Gasteiger partial charge in [-0.05, 0) is 18.4 Å². The predicted molar refractivity (Wildman–Crippen MR) is 92.4 cm³/mol. The normalized spacial score (nSPS) is 30.3. The molecule has 1 N–H and O–H groups in total. The molecular formula is C19H22N4O3. The fraction of sp³-hybridized carbons (Fsp3) is 0.526. The van der Waals surface area contributed by atoms with Crippen molar-refractivity contribution in [3.63, 3.8) is 0 Å². The fourth-order valence-corrected chi connectivity index (χ4v) is 3.84. The number of benzene rings is 1. The first-order chi connectivity index (χ1) is 12.8. The van der Waals surface area contributed by atoms with Gasteiger partial charge in [0.15, 0.2) is 0 Å². The van der Waals surface area contributed by atoms with Crippen LogP contribution in [0.15, 0.2) is 36.5 Å². The molecule has 0 radical (unpaired) electrons. The van der Waals surface area contributed by atoms with Gasteiger partial charge < -0.3 is 14.8 Å². The molecule has 7 nitrogen and oxygen atoms in total. The molecule has 1 aromatic heterocycles. The molecule has 7 heteroatoms. The maximum absolute atomic E-state index is 12.0. The van der Waals surface area contributed by atoms with E-state index in [1.54, 1.807) is 0 Å². The Morgan fingerprint density at radius 2 is 1.96 bits per heavy atom. The standard InChI is InChI=1S/C19H22N4O3/c24-19(13-6-7-13)20-15-10-25-18-16(11-26-17(15)18)23-9-14(21-22-23)8-12-4-2-1-3-5-12/h1-5,9,13,15-18H,6-8,10-11H2,(H,20,24). The van der Waals surface area contributed by atoms with Crippen LogP contribution in [0.5, 0.6) is 0 Å². The first-order valence-corrected chi connectivity index (χ1v) is 9.26. The van der Waals surface area contributed by atoms with E-state index in [1.807, 2.05) is 29.1 Å². The Balaban J connectivity index is 1.25. The lowest BCUT2D eigenvalue weighted by molar-refractivity contribution is -0.123. The zero-order valence-corrected chi connectivity index (χ0v) is 14.5. The number of hydrogen-bond acceptors (Lipinski definition) is 5. The highest BCUT2D eigenvalue weighted by Gasteiger charge is 2.50. The number of rotatable bonds is 5. The Labute approximate surface area is 151 Å². The van der Waals surface area contributed by atoms with Crippen LogP contribution in [0.3, 0.4) is 0 Å². The molecule has 2 saturated heterocycles. The number of aromatic nitrogens is 3. The number of carbonyl (C=O) groups is 1. The molecule has 1 aliphatic carbocycles. The van der Waals surface area contributed by atoms with Gasteiger partial charge in [0.2, 0.25) is 5.91 Å². The van der Waals surface area contributed by atoms with Crippen molar-refractivity contribution in [2.75, 3.05) is 13.2 Å². The lowest BCUT2D eigenvalue weighted by Crippen LogP contribution is -2.44. The number of hydrogen-bond donors (Lipinski definition) is 1. The van der Waals surface area contributed by atoms with E-state index in [2.05, 4.69) is 27.8 Å². The summed E-state index contributed by atoms with van der Waals surface area (Å²) in [6.07, 6.45) is 4.53. The van der Waals surface area contributed by atoms with Crippen LogP contribution in [-0.2, 0) is 20.7 Å². The maximum Gasteiger partial charge on any atom is 0.223 e. The second kappa shape index (κ2) is 6.48. The van der Waals surface area contributed by atoms with Gasteiger partial charge in [-0.15, -0.1) is 5.10 Å². The average Bonchev–Trinajstić information content (AvgIpc) is 3.08. The summed E-state index contributed by atoms with van der Waals surface area (Å²) in [6, 6.07) is 10.2. The Bertz CT molecular complexity index is 789. The highest BCUT2D eigenvalue weighted by atomic mass is 16.6. The summed E-state index contributed by atoms with van der Waals surface area (Å²) < 4.78 is 13.8. The quantitative estimate of drug-likeness (QED) is 0.870. The van der Waals surface area contributed by atoms with E-state index in [0.29, 0.717) is 13.2 Å². The van der Waals surface area contributed by atoms with Gasteiger partial charge in [0.25, 0.3) is 0 Å². The van der Waals surface area contributed by atoms with Crippen molar-refractivity contribution in [1.82, 2.24) is 20.3 Å². The van der Waals surface area contributed by atoms with Crippen LogP contribution in [0.1, 0.15) is 30.1 Å². The largest absolute Gasteiger partial charge is 0.371 e. The predicted octanol–water partition coefficient (Wildman–Crippen LogP) is 1.10. The van der Waals surface area contributed by atoms with Crippen LogP contribution >= 0.6 is 0 Å². The minimum atomic E-state index is -0.107. The van der Waals surface area contributed by atoms with Crippen LogP contribution in [0.25, 0.3) is 0 Å². The van der Waals surface area contributed by atoms with E-state index < -0.39 is 0 Å². The molecule has 0 spiro atoms. The first-order valence-electron chi connectivity index (χ1n) is 9.26. The van der Waals surface area contributed by atoms with Gasteiger partial charge in [-0.3, -0.25) is 4.79 Å². The molecule has 2 aromatic rings. The lowest BCUT2D eigenvalue weighted by Gasteiger charge is -2.17. The number of fused-ring (bicyclic) bond motifs is 1. The van der Waals surface area contributed by atoms with Gasteiger partial charge in [0, 0.05) is 18.5 Å². The minimum Gasteiger partial charge on any atom is -0.371 e. The SMILES string of the molecule is O=C(NC1COC2C1OCC2n1cc(Cc2ccccc2)nn1)C1CC1. The average molecular weight is 354 g/mol. The van der Waals surface area contributed by atoms with Crippen molar-refractivity contribution in [2.45, 2.75) is 43.6 Å². The second-order valence-electron chi connectivity index (χ2n) is 7.40. The molecule has 3 fully saturated rings. The van der Waals surface area contributed by atoms with Gasteiger partial charge in [0.1, 0.15) is 18.2 Å². The van der Waals surface area contributed by atoms with Crippen molar-refractivity contribution in [2.24, 2.45) is 5.92 Å². The number of nitrogens with zero attached hydrogens (tertiary/aromatic N) is 3. The second-order valence-corrected chi connectivity index (χ2v) is 7.40. The molecule has 3 heterocycles. The molecule has 1 aromatic carbocycles. The van der Waals surface area contributed by atoms with E-state index >= 15 is 0 Å². The van der Waals surface area contributed by atoms with Crippen LogP contribution < -0.4 is 5.32 Å². The molecule has 4 atom stereocenters. The summed E-state index contributed by atoms with van der Waals surface area (Å²) in [7, 11) is 0. The topological polar surface area (TPSA) is 78.3 Å². The third kappa shape index (κ3) is 3.01. The number of carbonyl (C=O) groups excluding carboxylic acids is 1. The summed E-state index contributed by atoms with van der Waals surface area (Å²) in [5, 5.41) is 11.7. The summed E-state index contributed by atoms with van der Waals surface area (Å²) in [5.74, 6) is 0.333. The van der Waals surface area contributed by atoms with E-state index in [-0.39, 0.29) is 36.1 Å². The van der Waals surface area contributed by atoms with Gasteiger partial charge >= 0.3 is 0 Å². The molecule has 1 amide bonds. The molecule has 136 valence electrons.